The molecule has 3 heterocycles. The number of aryl methyl sites for hydroxylation is 3. The lowest BCUT2D eigenvalue weighted by Crippen LogP contribution is -2.46. The molecule has 0 radical (unpaired) electrons. The maximum absolute atomic E-state index is 12.7. The lowest BCUT2D eigenvalue weighted by Gasteiger charge is -2.31. The van der Waals surface area contributed by atoms with Gasteiger partial charge in [0, 0.05) is 25.2 Å². The summed E-state index contributed by atoms with van der Waals surface area (Å²) in [4.78, 5) is 27.1. The van der Waals surface area contributed by atoms with Gasteiger partial charge >= 0.3 is 0 Å². The van der Waals surface area contributed by atoms with Crippen molar-refractivity contribution in [2.24, 2.45) is 0 Å². The molecule has 1 saturated heterocycles. The van der Waals surface area contributed by atoms with Crippen LogP contribution in [0.5, 0.6) is 0 Å². The van der Waals surface area contributed by atoms with E-state index in [2.05, 4.69) is 20.6 Å². The van der Waals surface area contributed by atoms with Gasteiger partial charge < -0.3 is 15.1 Å². The molecular weight excluding hydrogens is 406 g/mol. The van der Waals surface area contributed by atoms with Crippen LogP contribution in [0.3, 0.4) is 0 Å². The number of amides is 2. The van der Waals surface area contributed by atoms with Gasteiger partial charge in [0.1, 0.15) is 11.6 Å². The van der Waals surface area contributed by atoms with Crippen molar-refractivity contribution in [2.45, 2.75) is 39.7 Å². The Hall–Kier alpha value is -3.39. The van der Waals surface area contributed by atoms with E-state index in [0.29, 0.717) is 18.1 Å². The second kappa shape index (κ2) is 9.40. The molecule has 8 nitrogen and oxygen atoms in total. The Bertz CT molecular complexity index is 1090. The number of rotatable bonds is 6. The van der Waals surface area contributed by atoms with Crippen LogP contribution in [0.1, 0.15) is 40.4 Å². The number of hydrogen-bond acceptors (Lipinski definition) is 5. The summed E-state index contributed by atoms with van der Waals surface area (Å²) in [6, 6.07) is 13.4. The van der Waals surface area contributed by atoms with Crippen LogP contribution in [0.25, 0.3) is 5.69 Å². The van der Waals surface area contributed by atoms with Gasteiger partial charge in [-0.25, -0.2) is 4.68 Å². The Balaban J connectivity index is 1.29. The Labute approximate surface area is 187 Å². The van der Waals surface area contributed by atoms with E-state index in [1.165, 1.54) is 5.56 Å². The fourth-order valence-corrected chi connectivity index (χ4v) is 3.91. The number of likely N-dealkylation sites (tertiary alicyclic amines) is 1. The van der Waals surface area contributed by atoms with Gasteiger partial charge in [0.25, 0.3) is 5.91 Å². The average Bonchev–Trinajstić information content (AvgIpc) is 3.35. The molecule has 0 saturated carbocycles. The fraction of sp³-hybridized carbons (Fsp3) is 0.375. The monoisotopic (exact) mass is 435 g/mol. The van der Waals surface area contributed by atoms with Crippen molar-refractivity contribution in [1.82, 2.24) is 20.0 Å². The van der Waals surface area contributed by atoms with Crippen molar-refractivity contribution in [1.29, 1.82) is 0 Å². The number of carbonyl (C=O) groups is 2. The highest BCUT2D eigenvalue weighted by molar-refractivity contribution is 5.92. The summed E-state index contributed by atoms with van der Waals surface area (Å²) in [6.07, 6.45) is 1.58. The number of aromatic nitrogens is 2. The summed E-state index contributed by atoms with van der Waals surface area (Å²) in [5.41, 5.74) is 2.91. The third-order valence-corrected chi connectivity index (χ3v) is 5.63. The molecule has 2 amide bonds. The first-order chi connectivity index (χ1) is 15.4. The second-order valence-electron chi connectivity index (χ2n) is 8.40. The molecule has 1 fully saturated rings. The summed E-state index contributed by atoms with van der Waals surface area (Å²) < 4.78 is 7.14. The van der Waals surface area contributed by atoms with E-state index in [-0.39, 0.29) is 17.9 Å². The second-order valence-corrected chi connectivity index (χ2v) is 8.40. The SMILES string of the molecule is Cc1ccc(-n2nc(C)cc2NC(=O)CN2CCC(NC(=O)c3ccc(C)o3)CC2)cc1. The van der Waals surface area contributed by atoms with E-state index in [1.807, 2.05) is 51.1 Å². The number of nitrogens with zero attached hydrogens (tertiary/aromatic N) is 3. The van der Waals surface area contributed by atoms with Crippen molar-refractivity contribution < 1.29 is 14.0 Å². The zero-order valence-electron chi connectivity index (χ0n) is 18.7. The van der Waals surface area contributed by atoms with Crippen LogP contribution < -0.4 is 10.6 Å². The summed E-state index contributed by atoms with van der Waals surface area (Å²) in [5.74, 6) is 1.45. The molecular formula is C24H29N5O3. The first kappa shape index (κ1) is 21.8. The third-order valence-electron chi connectivity index (χ3n) is 5.63. The molecule has 4 rings (SSSR count). The minimum Gasteiger partial charge on any atom is -0.456 e. The van der Waals surface area contributed by atoms with Crippen LogP contribution in [0.15, 0.2) is 46.9 Å². The van der Waals surface area contributed by atoms with E-state index in [0.717, 1.165) is 43.1 Å². The summed E-state index contributed by atoms with van der Waals surface area (Å²) in [5, 5.41) is 10.5. The van der Waals surface area contributed by atoms with Gasteiger partial charge in [-0.1, -0.05) is 17.7 Å². The van der Waals surface area contributed by atoms with E-state index in [4.69, 9.17) is 4.42 Å². The van der Waals surface area contributed by atoms with Crippen LogP contribution >= 0.6 is 0 Å². The molecule has 0 atom stereocenters. The lowest BCUT2D eigenvalue weighted by molar-refractivity contribution is -0.117. The quantitative estimate of drug-likeness (QED) is 0.620. The number of hydrogen-bond donors (Lipinski definition) is 2. The number of carbonyl (C=O) groups excluding carboxylic acids is 2. The van der Waals surface area contributed by atoms with Crippen molar-refractivity contribution >= 4 is 17.6 Å². The molecule has 2 N–H and O–H groups in total. The Kier molecular flexibility index (Phi) is 6.41. The fourth-order valence-electron chi connectivity index (χ4n) is 3.91. The number of nitrogens with one attached hydrogen (secondary N) is 2. The number of benzene rings is 1. The molecule has 2 aromatic heterocycles. The van der Waals surface area contributed by atoms with Crippen molar-refractivity contribution in [2.75, 3.05) is 25.0 Å². The molecule has 0 spiro atoms. The zero-order valence-corrected chi connectivity index (χ0v) is 18.7. The van der Waals surface area contributed by atoms with Crippen molar-refractivity contribution in [3.8, 4) is 5.69 Å². The molecule has 1 aliphatic heterocycles. The predicted octanol–water partition coefficient (Wildman–Crippen LogP) is 3.22. The van der Waals surface area contributed by atoms with Crippen molar-refractivity contribution in [3.63, 3.8) is 0 Å². The largest absolute Gasteiger partial charge is 0.456 e. The van der Waals surface area contributed by atoms with Gasteiger partial charge in [0.15, 0.2) is 5.76 Å². The first-order valence-electron chi connectivity index (χ1n) is 10.9. The summed E-state index contributed by atoms with van der Waals surface area (Å²) in [7, 11) is 0. The maximum atomic E-state index is 12.7. The lowest BCUT2D eigenvalue weighted by atomic mass is 10.0. The molecule has 1 aliphatic rings. The van der Waals surface area contributed by atoms with E-state index >= 15 is 0 Å². The number of anilines is 1. The van der Waals surface area contributed by atoms with Gasteiger partial charge in [-0.15, -0.1) is 0 Å². The Morgan fingerprint density at radius 3 is 2.44 bits per heavy atom. The van der Waals surface area contributed by atoms with Gasteiger partial charge in [-0.2, -0.15) is 5.10 Å². The average molecular weight is 436 g/mol. The summed E-state index contributed by atoms with van der Waals surface area (Å²) >= 11 is 0. The van der Waals surface area contributed by atoms with Crippen LogP contribution in [0.4, 0.5) is 5.82 Å². The smallest absolute Gasteiger partial charge is 0.287 e. The highest BCUT2D eigenvalue weighted by atomic mass is 16.3. The van der Waals surface area contributed by atoms with Crippen LogP contribution in [-0.4, -0.2) is 52.2 Å². The molecule has 0 aliphatic carbocycles. The third kappa shape index (κ3) is 5.26. The topological polar surface area (TPSA) is 92.4 Å². The Morgan fingerprint density at radius 2 is 1.78 bits per heavy atom. The summed E-state index contributed by atoms with van der Waals surface area (Å²) in [6.45, 7) is 7.54. The number of furan rings is 1. The molecule has 168 valence electrons. The van der Waals surface area contributed by atoms with E-state index < -0.39 is 0 Å². The Morgan fingerprint density at radius 1 is 1.06 bits per heavy atom. The maximum Gasteiger partial charge on any atom is 0.287 e. The normalized spacial score (nSPS) is 15.0. The highest BCUT2D eigenvalue weighted by Gasteiger charge is 2.24. The van der Waals surface area contributed by atoms with Gasteiger partial charge in [0.05, 0.1) is 17.9 Å². The van der Waals surface area contributed by atoms with Crippen molar-refractivity contribution in [3.05, 3.63) is 65.2 Å². The van der Waals surface area contributed by atoms with Crippen LogP contribution in [0, 0.1) is 20.8 Å². The number of piperidine rings is 1. The zero-order chi connectivity index (χ0) is 22.7. The predicted molar refractivity (Wildman–Crippen MR) is 122 cm³/mol. The van der Waals surface area contributed by atoms with Gasteiger partial charge in [-0.3, -0.25) is 14.5 Å². The van der Waals surface area contributed by atoms with E-state index in [1.54, 1.807) is 16.8 Å². The van der Waals surface area contributed by atoms with Gasteiger partial charge in [-0.05, 0) is 57.9 Å². The standard InChI is InChI=1S/C24H29N5O3/c1-16-4-7-20(8-5-16)29-22(14-17(2)27-29)26-23(30)15-28-12-10-19(11-13-28)25-24(31)21-9-6-18(3)32-21/h4-9,14,19H,10-13,15H2,1-3H3,(H,25,31)(H,26,30). The first-order valence-corrected chi connectivity index (χ1v) is 10.9. The molecule has 0 bridgehead atoms. The minimum absolute atomic E-state index is 0.0770. The molecule has 0 unspecified atom stereocenters. The van der Waals surface area contributed by atoms with Crippen LogP contribution in [0.2, 0.25) is 0 Å². The molecule has 32 heavy (non-hydrogen) atoms. The molecule has 8 heteroatoms. The van der Waals surface area contributed by atoms with E-state index in [9.17, 15) is 9.59 Å². The minimum atomic E-state index is -0.186. The van der Waals surface area contributed by atoms with Gasteiger partial charge in [0.2, 0.25) is 5.91 Å². The van der Waals surface area contributed by atoms with Crippen LogP contribution in [-0.2, 0) is 4.79 Å². The molecule has 1 aromatic carbocycles. The molecule has 3 aromatic rings. The highest BCUT2D eigenvalue weighted by Crippen LogP contribution is 2.18.